The van der Waals surface area contributed by atoms with E-state index in [0.717, 1.165) is 0 Å². The predicted octanol–water partition coefficient (Wildman–Crippen LogP) is 0.868. The van der Waals surface area contributed by atoms with Gasteiger partial charge in [-0.05, 0) is 25.2 Å². The molecule has 1 fully saturated rings. The summed E-state index contributed by atoms with van der Waals surface area (Å²) in [5.41, 5.74) is 0. The SMILES string of the molecule is C[C@@H]1CC(C(=O)O)CC[C@@H]1O. The first-order valence-corrected chi connectivity index (χ1v) is 4.02. The summed E-state index contributed by atoms with van der Waals surface area (Å²) in [4.78, 5) is 10.5. The Morgan fingerprint density at radius 1 is 1.45 bits per heavy atom. The lowest BCUT2D eigenvalue weighted by molar-refractivity contribution is -0.144. The molecule has 0 bridgehead atoms. The van der Waals surface area contributed by atoms with Gasteiger partial charge in [0.1, 0.15) is 0 Å². The van der Waals surface area contributed by atoms with Gasteiger partial charge >= 0.3 is 5.97 Å². The van der Waals surface area contributed by atoms with E-state index < -0.39 is 5.97 Å². The molecule has 0 amide bonds. The van der Waals surface area contributed by atoms with Crippen molar-refractivity contribution in [3.8, 4) is 0 Å². The van der Waals surface area contributed by atoms with Gasteiger partial charge in [-0.25, -0.2) is 0 Å². The van der Waals surface area contributed by atoms with Crippen LogP contribution >= 0.6 is 0 Å². The Bertz CT molecular complexity index is 155. The number of carbonyl (C=O) groups is 1. The van der Waals surface area contributed by atoms with Crippen LogP contribution in [-0.2, 0) is 4.79 Å². The maximum atomic E-state index is 10.5. The smallest absolute Gasteiger partial charge is 0.306 e. The number of hydrogen-bond donors (Lipinski definition) is 2. The Labute approximate surface area is 66.0 Å². The lowest BCUT2D eigenvalue weighted by Crippen LogP contribution is -2.30. The fraction of sp³-hybridized carbons (Fsp3) is 0.875. The molecule has 0 spiro atoms. The summed E-state index contributed by atoms with van der Waals surface area (Å²) in [6, 6.07) is 0. The van der Waals surface area contributed by atoms with Crippen molar-refractivity contribution < 1.29 is 15.0 Å². The minimum atomic E-state index is -0.719. The number of aliphatic carboxylic acids is 1. The van der Waals surface area contributed by atoms with Crippen molar-refractivity contribution >= 4 is 5.97 Å². The number of aliphatic hydroxyl groups is 1. The molecule has 3 heteroatoms. The van der Waals surface area contributed by atoms with Crippen LogP contribution in [0.3, 0.4) is 0 Å². The molecule has 0 aromatic heterocycles. The van der Waals surface area contributed by atoms with Gasteiger partial charge in [-0.15, -0.1) is 0 Å². The lowest BCUT2D eigenvalue weighted by Gasteiger charge is -2.28. The van der Waals surface area contributed by atoms with Crippen LogP contribution in [0.4, 0.5) is 0 Å². The molecule has 1 saturated carbocycles. The standard InChI is InChI=1S/C8H14O3/c1-5-4-6(8(10)11)2-3-7(5)9/h5-7,9H,2-4H2,1H3,(H,10,11)/t5-,6?,7+/m1/s1. The Morgan fingerprint density at radius 3 is 2.55 bits per heavy atom. The van der Waals surface area contributed by atoms with E-state index in [2.05, 4.69) is 0 Å². The third-order valence-electron chi connectivity index (χ3n) is 2.47. The minimum absolute atomic E-state index is 0.143. The Morgan fingerprint density at radius 2 is 2.09 bits per heavy atom. The first kappa shape index (κ1) is 8.53. The maximum absolute atomic E-state index is 10.5. The molecular weight excluding hydrogens is 144 g/mol. The lowest BCUT2D eigenvalue weighted by atomic mass is 9.80. The van der Waals surface area contributed by atoms with E-state index in [1.807, 2.05) is 6.92 Å². The largest absolute Gasteiger partial charge is 0.481 e. The second kappa shape index (κ2) is 3.22. The van der Waals surface area contributed by atoms with Gasteiger partial charge < -0.3 is 10.2 Å². The van der Waals surface area contributed by atoms with Crippen LogP contribution in [0, 0.1) is 11.8 Å². The zero-order valence-electron chi connectivity index (χ0n) is 6.66. The first-order valence-electron chi connectivity index (χ1n) is 4.02. The summed E-state index contributed by atoms with van der Waals surface area (Å²) in [5, 5.41) is 17.9. The molecule has 0 heterocycles. The monoisotopic (exact) mass is 158 g/mol. The van der Waals surface area contributed by atoms with Gasteiger partial charge in [0.15, 0.2) is 0 Å². The van der Waals surface area contributed by atoms with Crippen molar-refractivity contribution in [3.05, 3.63) is 0 Å². The first-order chi connectivity index (χ1) is 5.11. The summed E-state index contributed by atoms with van der Waals surface area (Å²) in [7, 11) is 0. The van der Waals surface area contributed by atoms with E-state index >= 15 is 0 Å². The van der Waals surface area contributed by atoms with Crippen LogP contribution < -0.4 is 0 Å². The van der Waals surface area contributed by atoms with Gasteiger partial charge in [-0.3, -0.25) is 4.79 Å². The van der Waals surface area contributed by atoms with Crippen LogP contribution in [0.5, 0.6) is 0 Å². The highest BCUT2D eigenvalue weighted by Gasteiger charge is 2.29. The second-order valence-corrected chi connectivity index (χ2v) is 3.39. The number of rotatable bonds is 1. The van der Waals surface area contributed by atoms with Gasteiger partial charge in [0.05, 0.1) is 12.0 Å². The average Bonchev–Trinajstić information content (AvgIpc) is 1.94. The fourth-order valence-electron chi connectivity index (χ4n) is 1.60. The molecule has 0 aromatic rings. The van der Waals surface area contributed by atoms with E-state index in [9.17, 15) is 9.90 Å². The van der Waals surface area contributed by atoms with Gasteiger partial charge in [-0.2, -0.15) is 0 Å². The van der Waals surface area contributed by atoms with E-state index in [1.165, 1.54) is 0 Å². The zero-order valence-corrected chi connectivity index (χ0v) is 6.66. The van der Waals surface area contributed by atoms with Gasteiger partial charge in [0.2, 0.25) is 0 Å². The summed E-state index contributed by atoms with van der Waals surface area (Å²) < 4.78 is 0. The Kier molecular flexibility index (Phi) is 2.49. The van der Waals surface area contributed by atoms with Crippen LogP contribution in [0.25, 0.3) is 0 Å². The van der Waals surface area contributed by atoms with E-state index in [0.29, 0.717) is 19.3 Å². The summed E-state index contributed by atoms with van der Waals surface area (Å²) in [6.07, 6.45) is 1.60. The predicted molar refractivity (Wildman–Crippen MR) is 40.1 cm³/mol. The maximum Gasteiger partial charge on any atom is 0.306 e. The Balaban J connectivity index is 2.46. The number of aliphatic hydroxyl groups excluding tert-OH is 1. The normalized spacial score (nSPS) is 38.5. The van der Waals surface area contributed by atoms with Crippen LogP contribution in [0.1, 0.15) is 26.2 Å². The fourth-order valence-corrected chi connectivity index (χ4v) is 1.60. The van der Waals surface area contributed by atoms with Gasteiger partial charge in [0.25, 0.3) is 0 Å². The molecule has 0 aliphatic heterocycles. The molecule has 2 N–H and O–H groups in total. The molecule has 11 heavy (non-hydrogen) atoms. The van der Waals surface area contributed by atoms with Crippen molar-refractivity contribution in [2.24, 2.45) is 11.8 Å². The molecule has 64 valence electrons. The van der Waals surface area contributed by atoms with Crippen molar-refractivity contribution in [2.75, 3.05) is 0 Å². The molecule has 0 radical (unpaired) electrons. The van der Waals surface area contributed by atoms with Gasteiger partial charge in [0, 0.05) is 0 Å². The highest BCUT2D eigenvalue weighted by molar-refractivity contribution is 5.70. The summed E-state index contributed by atoms with van der Waals surface area (Å²) in [5.74, 6) is -0.804. The molecule has 1 aliphatic rings. The zero-order chi connectivity index (χ0) is 8.43. The summed E-state index contributed by atoms with van der Waals surface area (Å²) in [6.45, 7) is 1.90. The molecule has 3 nitrogen and oxygen atoms in total. The van der Waals surface area contributed by atoms with Crippen LogP contribution in [0.2, 0.25) is 0 Å². The highest BCUT2D eigenvalue weighted by Crippen LogP contribution is 2.28. The molecule has 0 saturated heterocycles. The van der Waals surface area contributed by atoms with Crippen molar-refractivity contribution in [1.29, 1.82) is 0 Å². The number of hydrogen-bond acceptors (Lipinski definition) is 2. The molecule has 1 aliphatic carbocycles. The van der Waals surface area contributed by atoms with Gasteiger partial charge in [-0.1, -0.05) is 6.92 Å². The van der Waals surface area contributed by atoms with Crippen molar-refractivity contribution in [1.82, 2.24) is 0 Å². The van der Waals surface area contributed by atoms with Crippen molar-refractivity contribution in [2.45, 2.75) is 32.3 Å². The van der Waals surface area contributed by atoms with Crippen molar-refractivity contribution in [3.63, 3.8) is 0 Å². The third-order valence-corrected chi connectivity index (χ3v) is 2.47. The highest BCUT2D eigenvalue weighted by atomic mass is 16.4. The van der Waals surface area contributed by atoms with Crippen LogP contribution in [0.15, 0.2) is 0 Å². The van der Waals surface area contributed by atoms with E-state index in [-0.39, 0.29) is 17.9 Å². The second-order valence-electron chi connectivity index (χ2n) is 3.39. The molecule has 1 unspecified atom stereocenters. The molecule has 1 rings (SSSR count). The molecule has 0 aromatic carbocycles. The van der Waals surface area contributed by atoms with E-state index in [4.69, 9.17) is 5.11 Å². The average molecular weight is 158 g/mol. The quantitative estimate of drug-likeness (QED) is 0.595. The molecule has 3 atom stereocenters. The number of carboxylic acids is 1. The molecular formula is C8H14O3. The van der Waals surface area contributed by atoms with E-state index in [1.54, 1.807) is 0 Å². The summed E-state index contributed by atoms with van der Waals surface area (Å²) >= 11 is 0. The Hall–Kier alpha value is -0.570. The number of carboxylic acid groups (broad SMARTS) is 1. The topological polar surface area (TPSA) is 57.5 Å². The van der Waals surface area contributed by atoms with Crippen LogP contribution in [-0.4, -0.2) is 22.3 Å². The minimum Gasteiger partial charge on any atom is -0.481 e. The third kappa shape index (κ3) is 1.93.